The monoisotopic (exact) mass is 478 g/mol. The minimum atomic E-state index is -0.298. The first kappa shape index (κ1) is 23.4. The van der Waals surface area contributed by atoms with Crippen LogP contribution in [0.2, 0.25) is 0 Å². The molecule has 0 saturated carbocycles. The molecule has 1 unspecified atom stereocenters. The molecule has 2 aromatic heterocycles. The Balaban J connectivity index is 1.44. The van der Waals surface area contributed by atoms with Crippen LogP contribution in [0.5, 0.6) is 0 Å². The summed E-state index contributed by atoms with van der Waals surface area (Å²) in [6, 6.07) is 26.0. The van der Waals surface area contributed by atoms with Gasteiger partial charge in [-0.3, -0.25) is 4.79 Å². The summed E-state index contributed by atoms with van der Waals surface area (Å²) in [5.74, 6) is -0.423. The number of aromatic nitrogens is 3. The van der Waals surface area contributed by atoms with Gasteiger partial charge >= 0.3 is 0 Å². The summed E-state index contributed by atoms with van der Waals surface area (Å²) in [6.45, 7) is 3.97. The van der Waals surface area contributed by atoms with E-state index >= 15 is 0 Å². The summed E-state index contributed by atoms with van der Waals surface area (Å²) in [7, 11) is 0. The molecule has 0 aliphatic carbocycles. The van der Waals surface area contributed by atoms with Gasteiger partial charge in [0.05, 0.1) is 34.4 Å². The molecular weight excluding hydrogens is 451 g/mol. The molecule has 0 aliphatic rings. The highest BCUT2D eigenvalue weighted by Crippen LogP contribution is 2.28. The molecule has 180 valence electrons. The third-order valence-corrected chi connectivity index (χ3v) is 6.40. The predicted molar refractivity (Wildman–Crippen MR) is 141 cm³/mol. The molecule has 2 heterocycles. The minimum Gasteiger partial charge on any atom is -0.350 e. The summed E-state index contributed by atoms with van der Waals surface area (Å²) in [5.41, 5.74) is 5.67. The van der Waals surface area contributed by atoms with E-state index in [1.54, 1.807) is 23.0 Å². The van der Waals surface area contributed by atoms with Crippen molar-refractivity contribution in [2.45, 2.75) is 32.7 Å². The van der Waals surface area contributed by atoms with Crippen LogP contribution in [0.15, 0.2) is 91.1 Å². The smallest absolute Gasteiger partial charge is 0.252 e. The molecule has 3 aromatic carbocycles. The van der Waals surface area contributed by atoms with Gasteiger partial charge in [-0.2, -0.15) is 5.10 Å². The Morgan fingerprint density at radius 3 is 2.50 bits per heavy atom. The minimum absolute atomic E-state index is 0.0102. The lowest BCUT2D eigenvalue weighted by molar-refractivity contribution is 0.0940. The fraction of sp³-hybridized carbons (Fsp3) is 0.167. The van der Waals surface area contributed by atoms with Crippen LogP contribution in [0.25, 0.3) is 27.8 Å². The first-order valence-electron chi connectivity index (χ1n) is 12.0. The third kappa shape index (κ3) is 4.89. The lowest BCUT2D eigenvalue weighted by atomic mass is 10.0. The number of hydrogen-bond acceptors (Lipinski definition) is 3. The maximum Gasteiger partial charge on any atom is 0.252 e. The number of benzene rings is 3. The Kier molecular flexibility index (Phi) is 6.58. The number of rotatable bonds is 7. The number of nitrogens with one attached hydrogen (secondary N) is 1. The maximum absolute atomic E-state index is 13.4. The number of amides is 1. The molecule has 36 heavy (non-hydrogen) atoms. The van der Waals surface area contributed by atoms with Crippen LogP contribution in [0.4, 0.5) is 4.39 Å². The van der Waals surface area contributed by atoms with Gasteiger partial charge in [-0.15, -0.1) is 0 Å². The lowest BCUT2D eigenvalue weighted by Gasteiger charge is -2.16. The Morgan fingerprint density at radius 2 is 1.72 bits per heavy atom. The molecule has 0 aliphatic heterocycles. The topological polar surface area (TPSA) is 59.8 Å². The van der Waals surface area contributed by atoms with Gasteiger partial charge in [0.1, 0.15) is 5.82 Å². The molecule has 5 rings (SSSR count). The number of pyridine rings is 1. The highest BCUT2D eigenvalue weighted by Gasteiger charge is 2.18. The van der Waals surface area contributed by atoms with Crippen LogP contribution in [-0.4, -0.2) is 26.7 Å². The van der Waals surface area contributed by atoms with E-state index in [1.165, 1.54) is 17.7 Å². The summed E-state index contributed by atoms with van der Waals surface area (Å²) in [5, 5.41) is 8.47. The van der Waals surface area contributed by atoms with E-state index in [4.69, 9.17) is 4.98 Å². The fourth-order valence-electron chi connectivity index (χ4n) is 4.41. The van der Waals surface area contributed by atoms with Crippen molar-refractivity contribution in [3.05, 3.63) is 114 Å². The molecule has 1 amide bonds. The van der Waals surface area contributed by atoms with Crippen molar-refractivity contribution in [1.82, 2.24) is 20.1 Å². The van der Waals surface area contributed by atoms with Crippen molar-refractivity contribution in [3.8, 4) is 16.9 Å². The van der Waals surface area contributed by atoms with Crippen LogP contribution < -0.4 is 5.32 Å². The molecule has 5 aromatic rings. The average Bonchev–Trinajstić information content (AvgIpc) is 3.29. The number of fused-ring (bicyclic) bond motifs is 1. The Hall–Kier alpha value is -4.32. The molecule has 1 N–H and O–H groups in total. The van der Waals surface area contributed by atoms with Gasteiger partial charge < -0.3 is 5.32 Å². The summed E-state index contributed by atoms with van der Waals surface area (Å²) in [6.07, 6.45) is 3.47. The zero-order chi connectivity index (χ0) is 25.1. The average molecular weight is 479 g/mol. The summed E-state index contributed by atoms with van der Waals surface area (Å²) < 4.78 is 15.1. The Labute approximate surface area is 209 Å². The van der Waals surface area contributed by atoms with Crippen molar-refractivity contribution in [2.75, 3.05) is 0 Å². The maximum atomic E-state index is 13.4. The number of nitrogens with zero attached hydrogens (tertiary/aromatic N) is 3. The predicted octanol–water partition coefficient (Wildman–Crippen LogP) is 6.29. The number of aryl methyl sites for hydroxylation is 1. The van der Waals surface area contributed by atoms with Crippen molar-refractivity contribution >= 4 is 16.8 Å². The highest BCUT2D eigenvalue weighted by molar-refractivity contribution is 6.07. The second kappa shape index (κ2) is 10.1. The number of hydrogen-bond donors (Lipinski definition) is 1. The van der Waals surface area contributed by atoms with Gasteiger partial charge in [0, 0.05) is 17.0 Å². The second-order valence-electron chi connectivity index (χ2n) is 9.00. The van der Waals surface area contributed by atoms with E-state index in [-0.39, 0.29) is 17.8 Å². The molecule has 0 spiro atoms. The van der Waals surface area contributed by atoms with Gasteiger partial charge in [-0.05, 0) is 68.7 Å². The molecule has 0 bridgehead atoms. The van der Waals surface area contributed by atoms with Gasteiger partial charge in [0.15, 0.2) is 0 Å². The zero-order valence-electron chi connectivity index (χ0n) is 20.3. The van der Waals surface area contributed by atoms with E-state index in [2.05, 4.69) is 22.5 Å². The van der Waals surface area contributed by atoms with Crippen LogP contribution in [0, 0.1) is 12.7 Å². The van der Waals surface area contributed by atoms with Crippen LogP contribution in [-0.2, 0) is 6.42 Å². The summed E-state index contributed by atoms with van der Waals surface area (Å²) >= 11 is 0. The zero-order valence-corrected chi connectivity index (χ0v) is 20.3. The molecule has 5 nitrogen and oxygen atoms in total. The van der Waals surface area contributed by atoms with Gasteiger partial charge in [-0.25, -0.2) is 14.1 Å². The molecule has 1 atom stereocenters. The standard InChI is InChI=1S/C30H27FN4O/c1-20(12-13-22-8-4-3-5-9-22)33-30(36)26-18-29(34-28-11-7-6-10-25(26)28)27-19-32-35(21(27)2)24-16-14-23(31)15-17-24/h3-11,14-20H,12-13H2,1-2H3,(H,33,36). The fourth-order valence-corrected chi connectivity index (χ4v) is 4.41. The number of carbonyl (C=O) groups excluding carboxylic acids is 1. The highest BCUT2D eigenvalue weighted by atomic mass is 19.1. The Bertz CT molecular complexity index is 1510. The number of carbonyl (C=O) groups is 1. The molecule has 6 heteroatoms. The summed E-state index contributed by atoms with van der Waals surface area (Å²) in [4.78, 5) is 18.2. The van der Waals surface area contributed by atoms with E-state index in [9.17, 15) is 9.18 Å². The van der Waals surface area contributed by atoms with E-state index in [1.807, 2.05) is 62.4 Å². The van der Waals surface area contributed by atoms with Crippen molar-refractivity contribution in [2.24, 2.45) is 0 Å². The number of halogens is 1. The quantitative estimate of drug-likeness (QED) is 0.299. The SMILES string of the molecule is Cc1c(-c2cc(C(=O)NC(C)CCc3ccccc3)c3ccccc3n2)cnn1-c1ccc(F)cc1. The molecule has 0 fully saturated rings. The van der Waals surface area contributed by atoms with Gasteiger partial charge in [0.2, 0.25) is 0 Å². The van der Waals surface area contributed by atoms with Gasteiger partial charge in [-0.1, -0.05) is 48.5 Å². The van der Waals surface area contributed by atoms with Crippen LogP contribution in [0.1, 0.15) is 35.0 Å². The first-order chi connectivity index (χ1) is 17.5. The van der Waals surface area contributed by atoms with Crippen molar-refractivity contribution < 1.29 is 9.18 Å². The van der Waals surface area contributed by atoms with E-state index in [0.29, 0.717) is 11.3 Å². The van der Waals surface area contributed by atoms with Crippen LogP contribution >= 0.6 is 0 Å². The molecule has 0 radical (unpaired) electrons. The normalized spacial score (nSPS) is 12.0. The van der Waals surface area contributed by atoms with Crippen molar-refractivity contribution in [3.63, 3.8) is 0 Å². The van der Waals surface area contributed by atoms with Crippen LogP contribution in [0.3, 0.4) is 0 Å². The third-order valence-electron chi connectivity index (χ3n) is 6.40. The molecule has 0 saturated heterocycles. The van der Waals surface area contributed by atoms with E-state index < -0.39 is 0 Å². The first-order valence-corrected chi connectivity index (χ1v) is 12.0. The largest absolute Gasteiger partial charge is 0.350 e. The second-order valence-corrected chi connectivity index (χ2v) is 9.00. The number of para-hydroxylation sites is 1. The van der Waals surface area contributed by atoms with E-state index in [0.717, 1.165) is 40.7 Å². The molecular formula is C30H27FN4O. The van der Waals surface area contributed by atoms with Crippen molar-refractivity contribution in [1.29, 1.82) is 0 Å². The lowest BCUT2D eigenvalue weighted by Crippen LogP contribution is -2.33. The Morgan fingerprint density at radius 1 is 1.00 bits per heavy atom. The van der Waals surface area contributed by atoms with Gasteiger partial charge in [0.25, 0.3) is 5.91 Å².